The second-order valence-corrected chi connectivity index (χ2v) is 5.29. The van der Waals surface area contributed by atoms with Gasteiger partial charge in [0.15, 0.2) is 0 Å². The summed E-state index contributed by atoms with van der Waals surface area (Å²) in [6.45, 7) is 4.46. The van der Waals surface area contributed by atoms with E-state index in [-0.39, 0.29) is 11.6 Å². The summed E-state index contributed by atoms with van der Waals surface area (Å²) in [6, 6.07) is 8.82. The van der Waals surface area contributed by atoms with E-state index in [1.165, 1.54) is 0 Å². The first-order valence-electron chi connectivity index (χ1n) is 7.00. The number of hydrogen-bond donors (Lipinski definition) is 1. The van der Waals surface area contributed by atoms with Crippen molar-refractivity contribution in [2.45, 2.75) is 19.9 Å². The summed E-state index contributed by atoms with van der Waals surface area (Å²) >= 11 is 0. The molecule has 1 atom stereocenters. The molecule has 0 saturated carbocycles. The van der Waals surface area contributed by atoms with Gasteiger partial charge in [0.25, 0.3) is 0 Å². The van der Waals surface area contributed by atoms with Crippen LogP contribution in [-0.2, 0) is 0 Å². The van der Waals surface area contributed by atoms with Gasteiger partial charge in [-0.25, -0.2) is 9.80 Å². The van der Waals surface area contributed by atoms with Gasteiger partial charge >= 0.3 is 5.97 Å². The van der Waals surface area contributed by atoms with Crippen LogP contribution in [0.25, 0.3) is 0 Å². The van der Waals surface area contributed by atoms with E-state index in [2.05, 4.69) is 15.3 Å². The second-order valence-electron chi connectivity index (χ2n) is 5.29. The number of pyridine rings is 1. The molecule has 1 aliphatic heterocycles. The third-order valence-electron chi connectivity index (χ3n) is 3.79. The fourth-order valence-electron chi connectivity index (χ4n) is 2.54. The fraction of sp³-hybridized carbons (Fsp3) is 0.250. The van der Waals surface area contributed by atoms with Crippen molar-refractivity contribution in [1.82, 2.24) is 4.98 Å². The van der Waals surface area contributed by atoms with Gasteiger partial charge in [0.1, 0.15) is 6.04 Å². The fourth-order valence-corrected chi connectivity index (χ4v) is 2.54. The van der Waals surface area contributed by atoms with Crippen LogP contribution < -0.4 is 5.01 Å². The van der Waals surface area contributed by atoms with Gasteiger partial charge in [0.05, 0.1) is 17.8 Å². The van der Waals surface area contributed by atoms with Crippen molar-refractivity contribution in [2.75, 3.05) is 11.6 Å². The van der Waals surface area contributed by atoms with E-state index < -0.39 is 5.97 Å². The maximum absolute atomic E-state index is 11.1. The van der Waals surface area contributed by atoms with Gasteiger partial charge in [-0.05, 0) is 37.6 Å². The molecular weight excluding hydrogens is 280 g/mol. The number of carboxylic acids is 1. The van der Waals surface area contributed by atoms with Crippen LogP contribution in [0.15, 0.2) is 46.9 Å². The molecule has 22 heavy (non-hydrogen) atoms. The van der Waals surface area contributed by atoms with E-state index in [0.717, 1.165) is 22.5 Å². The molecule has 2 heterocycles. The highest BCUT2D eigenvalue weighted by Gasteiger charge is 2.25. The van der Waals surface area contributed by atoms with Crippen molar-refractivity contribution in [3.63, 3.8) is 0 Å². The van der Waals surface area contributed by atoms with Crippen LogP contribution >= 0.6 is 0 Å². The Hall–Kier alpha value is -2.76. The molecule has 1 aromatic carbocycles. The summed E-state index contributed by atoms with van der Waals surface area (Å²) in [6.07, 6.45) is 1.75. The largest absolute Gasteiger partial charge is 0.478 e. The maximum atomic E-state index is 11.1. The molecule has 2 aromatic rings. The zero-order valence-electron chi connectivity index (χ0n) is 12.4. The topological polar surface area (TPSA) is 78.1 Å². The number of carbonyl (C=O) groups is 1. The normalized spacial score (nSPS) is 17.0. The Kier molecular flexibility index (Phi) is 3.58. The van der Waals surface area contributed by atoms with Crippen LogP contribution in [0.4, 0.5) is 5.69 Å². The number of benzene rings is 1. The molecule has 1 aromatic heterocycles. The Balaban J connectivity index is 1.88. The number of hydrogen-bond acceptors (Lipinski definition) is 5. The zero-order chi connectivity index (χ0) is 15.7. The van der Waals surface area contributed by atoms with Gasteiger partial charge in [0.2, 0.25) is 0 Å². The minimum atomic E-state index is -0.947. The number of nitrogens with zero attached hydrogens (tertiary/aromatic N) is 4. The average molecular weight is 296 g/mol. The molecule has 1 unspecified atom stereocenters. The zero-order valence-corrected chi connectivity index (χ0v) is 12.4. The molecule has 1 N–H and O–H groups in total. The molecular formula is C16H16N4O2. The van der Waals surface area contributed by atoms with Crippen molar-refractivity contribution >= 4 is 11.7 Å². The number of aryl methyl sites for hydroxylation is 2. The van der Waals surface area contributed by atoms with Crippen molar-refractivity contribution < 1.29 is 9.90 Å². The van der Waals surface area contributed by atoms with Gasteiger partial charge in [-0.2, -0.15) is 5.11 Å². The molecule has 6 heteroatoms. The minimum absolute atomic E-state index is 0.0819. The summed E-state index contributed by atoms with van der Waals surface area (Å²) in [5, 5.41) is 19.4. The van der Waals surface area contributed by atoms with E-state index in [1.54, 1.807) is 29.4 Å². The van der Waals surface area contributed by atoms with E-state index >= 15 is 0 Å². The first kappa shape index (κ1) is 14.2. The SMILES string of the molecule is Cc1ccc(C(=O)O)cc1N1CC(c2cccnc2C)N=N1. The monoisotopic (exact) mass is 296 g/mol. The second kappa shape index (κ2) is 5.55. The lowest BCUT2D eigenvalue weighted by Gasteiger charge is -2.17. The average Bonchev–Trinajstić information content (AvgIpc) is 2.97. The first-order chi connectivity index (χ1) is 10.6. The van der Waals surface area contributed by atoms with Crippen LogP contribution in [0.1, 0.15) is 33.2 Å². The van der Waals surface area contributed by atoms with Crippen molar-refractivity contribution in [1.29, 1.82) is 0 Å². The summed E-state index contributed by atoms with van der Waals surface area (Å²) < 4.78 is 0. The van der Waals surface area contributed by atoms with Gasteiger partial charge in [-0.1, -0.05) is 17.4 Å². The highest BCUT2D eigenvalue weighted by molar-refractivity contribution is 5.89. The predicted molar refractivity (Wildman–Crippen MR) is 82.1 cm³/mol. The third-order valence-corrected chi connectivity index (χ3v) is 3.79. The number of anilines is 1. The molecule has 0 saturated heterocycles. The van der Waals surface area contributed by atoms with Crippen LogP contribution in [0.3, 0.4) is 0 Å². The molecule has 6 nitrogen and oxygen atoms in total. The lowest BCUT2D eigenvalue weighted by atomic mass is 10.1. The van der Waals surface area contributed by atoms with E-state index in [0.29, 0.717) is 6.54 Å². The van der Waals surface area contributed by atoms with Crippen LogP contribution in [-0.4, -0.2) is 22.6 Å². The molecule has 0 fully saturated rings. The number of carboxylic acid groups (broad SMARTS) is 1. The third kappa shape index (κ3) is 2.55. The Morgan fingerprint density at radius 3 is 2.86 bits per heavy atom. The van der Waals surface area contributed by atoms with Crippen LogP contribution in [0.2, 0.25) is 0 Å². The predicted octanol–water partition coefficient (Wildman–Crippen LogP) is 3.33. The van der Waals surface area contributed by atoms with Gasteiger partial charge in [-0.3, -0.25) is 4.98 Å². The van der Waals surface area contributed by atoms with Crippen molar-refractivity contribution in [3.05, 3.63) is 58.9 Å². The molecule has 112 valence electrons. The lowest BCUT2D eigenvalue weighted by Crippen LogP contribution is -2.18. The molecule has 0 radical (unpaired) electrons. The summed E-state index contributed by atoms with van der Waals surface area (Å²) in [7, 11) is 0. The Labute approximate surface area is 128 Å². The maximum Gasteiger partial charge on any atom is 0.335 e. The summed E-state index contributed by atoms with van der Waals surface area (Å²) in [5.74, 6) is -0.947. The standard InChI is InChI=1S/C16H16N4O2/c1-10-5-6-12(16(21)22)8-15(10)20-9-14(18-19-20)13-4-3-7-17-11(13)2/h3-8,14H,9H2,1-2H3,(H,21,22). The minimum Gasteiger partial charge on any atom is -0.478 e. The molecule has 0 spiro atoms. The van der Waals surface area contributed by atoms with E-state index in [4.69, 9.17) is 5.11 Å². The highest BCUT2D eigenvalue weighted by Crippen LogP contribution is 2.32. The molecule has 0 bridgehead atoms. The molecule has 1 aliphatic rings. The lowest BCUT2D eigenvalue weighted by molar-refractivity contribution is 0.0697. The first-order valence-corrected chi connectivity index (χ1v) is 7.00. The van der Waals surface area contributed by atoms with E-state index in [1.807, 2.05) is 26.0 Å². The quantitative estimate of drug-likeness (QED) is 0.942. The highest BCUT2D eigenvalue weighted by atomic mass is 16.4. The van der Waals surface area contributed by atoms with Crippen LogP contribution in [0, 0.1) is 13.8 Å². The number of aromatic nitrogens is 1. The van der Waals surface area contributed by atoms with Gasteiger partial charge in [-0.15, -0.1) is 0 Å². The Morgan fingerprint density at radius 1 is 1.32 bits per heavy atom. The molecule has 0 aliphatic carbocycles. The van der Waals surface area contributed by atoms with E-state index in [9.17, 15) is 4.79 Å². The van der Waals surface area contributed by atoms with Gasteiger partial charge < -0.3 is 5.11 Å². The number of aromatic carboxylic acids is 1. The van der Waals surface area contributed by atoms with Crippen molar-refractivity contribution in [3.8, 4) is 0 Å². The van der Waals surface area contributed by atoms with Crippen LogP contribution in [0.5, 0.6) is 0 Å². The Bertz CT molecular complexity index is 758. The van der Waals surface area contributed by atoms with Crippen molar-refractivity contribution in [2.24, 2.45) is 10.3 Å². The molecule has 3 rings (SSSR count). The summed E-state index contributed by atoms with van der Waals surface area (Å²) in [4.78, 5) is 15.4. The van der Waals surface area contributed by atoms with Gasteiger partial charge in [0, 0.05) is 17.5 Å². The molecule has 0 amide bonds. The summed E-state index contributed by atoms with van der Waals surface area (Å²) in [5.41, 5.74) is 3.96. The Morgan fingerprint density at radius 2 is 2.14 bits per heavy atom. The number of rotatable bonds is 3. The smallest absolute Gasteiger partial charge is 0.335 e.